The lowest BCUT2D eigenvalue weighted by Gasteiger charge is -2.20. The van der Waals surface area contributed by atoms with Gasteiger partial charge in [-0.25, -0.2) is 4.79 Å². The first-order valence-corrected chi connectivity index (χ1v) is 10.5. The highest BCUT2D eigenvalue weighted by Crippen LogP contribution is 2.32. The number of hydrogen-bond acceptors (Lipinski definition) is 3. The molecule has 3 rings (SSSR count). The van der Waals surface area contributed by atoms with Gasteiger partial charge in [-0.2, -0.15) is 0 Å². The lowest BCUT2D eigenvalue weighted by Crippen LogP contribution is -2.42. The normalized spacial score (nSPS) is 11.2. The Kier molecular flexibility index (Phi) is 6.90. The van der Waals surface area contributed by atoms with Crippen molar-refractivity contribution < 1.29 is 4.79 Å². The molecule has 2 aromatic carbocycles. The third-order valence-electron chi connectivity index (χ3n) is 5.27. The van der Waals surface area contributed by atoms with E-state index in [2.05, 4.69) is 33.0 Å². The van der Waals surface area contributed by atoms with Crippen LogP contribution in [0.1, 0.15) is 56.2 Å². The quantitative estimate of drug-likeness (QED) is 0.630. The van der Waals surface area contributed by atoms with E-state index in [1.165, 1.54) is 16.8 Å². The number of carbonyl (C=O) groups is 1. The zero-order valence-electron chi connectivity index (χ0n) is 18.5. The molecule has 3 aromatic rings. The van der Waals surface area contributed by atoms with Gasteiger partial charge < -0.3 is 5.32 Å². The summed E-state index contributed by atoms with van der Waals surface area (Å²) in [6.07, 6.45) is 1.47. The maximum absolute atomic E-state index is 12.9. The fourth-order valence-corrected chi connectivity index (χ4v) is 3.62. The molecule has 0 fully saturated rings. The fourth-order valence-electron chi connectivity index (χ4n) is 3.62. The monoisotopic (exact) mass is 419 g/mol. The molecule has 0 spiro atoms. The molecule has 0 unspecified atom stereocenters. The number of para-hydroxylation sites is 1. The molecule has 0 atom stereocenters. The Hall–Kier alpha value is -3.41. The lowest BCUT2D eigenvalue weighted by atomic mass is 9.92. The van der Waals surface area contributed by atoms with E-state index in [1.807, 2.05) is 48.5 Å². The minimum absolute atomic E-state index is 0.219. The molecule has 1 N–H and O–H groups in total. The van der Waals surface area contributed by atoms with Crippen LogP contribution in [0.25, 0.3) is 0 Å². The summed E-state index contributed by atoms with van der Waals surface area (Å²) in [5, 5.41) is 2.97. The van der Waals surface area contributed by atoms with Crippen LogP contribution in [-0.2, 0) is 17.9 Å². The van der Waals surface area contributed by atoms with Crippen molar-refractivity contribution in [1.29, 1.82) is 0 Å². The van der Waals surface area contributed by atoms with Crippen molar-refractivity contribution in [2.75, 3.05) is 5.32 Å². The minimum atomic E-state index is -0.507. The molecular formula is C25H29N3O3. The van der Waals surface area contributed by atoms with Crippen LogP contribution in [0.3, 0.4) is 0 Å². The Balaban J connectivity index is 1.89. The molecule has 0 saturated heterocycles. The van der Waals surface area contributed by atoms with E-state index < -0.39 is 17.2 Å². The molecule has 0 aliphatic heterocycles. The van der Waals surface area contributed by atoms with Crippen molar-refractivity contribution in [2.24, 2.45) is 0 Å². The molecule has 0 radical (unpaired) electrons. The topological polar surface area (TPSA) is 73.1 Å². The smallest absolute Gasteiger partial charge is 0.324 e. The van der Waals surface area contributed by atoms with Gasteiger partial charge in [-0.05, 0) is 28.5 Å². The van der Waals surface area contributed by atoms with Gasteiger partial charge in [0, 0.05) is 18.0 Å². The maximum atomic E-state index is 12.9. The van der Waals surface area contributed by atoms with Gasteiger partial charge >= 0.3 is 5.69 Å². The highest BCUT2D eigenvalue weighted by atomic mass is 16.2. The van der Waals surface area contributed by atoms with Gasteiger partial charge in [0.15, 0.2) is 0 Å². The number of benzene rings is 2. The predicted molar refractivity (Wildman–Crippen MR) is 124 cm³/mol. The number of rotatable bonds is 7. The van der Waals surface area contributed by atoms with Crippen LogP contribution in [0.4, 0.5) is 5.69 Å². The second-order valence-corrected chi connectivity index (χ2v) is 8.31. The molecule has 6 nitrogen and oxygen atoms in total. The van der Waals surface area contributed by atoms with E-state index in [4.69, 9.17) is 0 Å². The van der Waals surface area contributed by atoms with E-state index in [0.717, 1.165) is 26.9 Å². The average molecular weight is 420 g/mol. The molecule has 31 heavy (non-hydrogen) atoms. The Morgan fingerprint density at radius 2 is 1.48 bits per heavy atom. The average Bonchev–Trinajstić information content (AvgIpc) is 2.73. The fraction of sp³-hybridized carbons (Fsp3) is 0.320. The lowest BCUT2D eigenvalue weighted by molar-refractivity contribution is -0.116. The molecule has 0 aliphatic carbocycles. The molecule has 0 aliphatic rings. The molecule has 1 heterocycles. The Labute approximate surface area is 182 Å². The first kappa shape index (κ1) is 22.3. The van der Waals surface area contributed by atoms with Crippen LogP contribution in [0, 0.1) is 0 Å². The number of nitrogens with zero attached hydrogens (tertiary/aromatic N) is 2. The summed E-state index contributed by atoms with van der Waals surface area (Å²) in [7, 11) is 0. The molecule has 162 valence electrons. The van der Waals surface area contributed by atoms with Gasteiger partial charge in [0.05, 0.1) is 6.54 Å². The van der Waals surface area contributed by atoms with Gasteiger partial charge in [-0.3, -0.25) is 18.7 Å². The molecular weight excluding hydrogens is 390 g/mol. The zero-order valence-corrected chi connectivity index (χ0v) is 18.5. The summed E-state index contributed by atoms with van der Waals surface area (Å²) < 4.78 is 2.41. The summed E-state index contributed by atoms with van der Waals surface area (Å²) in [6, 6.07) is 16.8. The van der Waals surface area contributed by atoms with Crippen LogP contribution < -0.4 is 16.6 Å². The summed E-state index contributed by atoms with van der Waals surface area (Å²) in [4.78, 5) is 38.1. The SMILES string of the molecule is CC(C)c1cccc(C(C)C)c1NC(=O)Cn1c(=O)ccn(Cc2ccccc2)c1=O. The second-order valence-electron chi connectivity index (χ2n) is 8.31. The molecule has 0 saturated carbocycles. The minimum Gasteiger partial charge on any atom is -0.324 e. The maximum Gasteiger partial charge on any atom is 0.331 e. The van der Waals surface area contributed by atoms with E-state index in [-0.39, 0.29) is 18.4 Å². The largest absolute Gasteiger partial charge is 0.331 e. The summed E-state index contributed by atoms with van der Waals surface area (Å²) in [5.74, 6) is 0.0414. The van der Waals surface area contributed by atoms with Crippen molar-refractivity contribution in [2.45, 2.75) is 52.6 Å². The van der Waals surface area contributed by atoms with E-state index in [0.29, 0.717) is 6.54 Å². The Morgan fingerprint density at radius 1 is 0.871 bits per heavy atom. The standard InChI is InChI=1S/C25H29N3O3/c1-17(2)20-11-8-12-21(18(3)4)24(20)26-22(29)16-28-23(30)13-14-27(25(28)31)15-19-9-6-5-7-10-19/h5-14,17-18H,15-16H2,1-4H3,(H,26,29). The zero-order chi connectivity index (χ0) is 22.5. The van der Waals surface area contributed by atoms with Gasteiger partial charge in [0.1, 0.15) is 6.54 Å². The van der Waals surface area contributed by atoms with E-state index in [1.54, 1.807) is 0 Å². The third kappa shape index (κ3) is 5.20. The van der Waals surface area contributed by atoms with Crippen molar-refractivity contribution >= 4 is 11.6 Å². The highest BCUT2D eigenvalue weighted by Gasteiger charge is 2.17. The first-order valence-electron chi connectivity index (χ1n) is 10.5. The molecule has 0 bridgehead atoms. The first-order chi connectivity index (χ1) is 14.8. The van der Waals surface area contributed by atoms with Crippen LogP contribution in [0.2, 0.25) is 0 Å². The summed E-state index contributed by atoms with van der Waals surface area (Å²) in [6.45, 7) is 8.27. The van der Waals surface area contributed by atoms with Crippen molar-refractivity contribution in [3.63, 3.8) is 0 Å². The van der Waals surface area contributed by atoms with E-state index >= 15 is 0 Å². The van der Waals surface area contributed by atoms with Gasteiger partial charge in [-0.1, -0.05) is 76.2 Å². The van der Waals surface area contributed by atoms with Gasteiger partial charge in [0.25, 0.3) is 5.56 Å². The van der Waals surface area contributed by atoms with Crippen molar-refractivity contribution in [3.05, 3.63) is 98.3 Å². The van der Waals surface area contributed by atoms with Gasteiger partial charge in [0.2, 0.25) is 5.91 Å². The van der Waals surface area contributed by atoms with Crippen LogP contribution in [0.5, 0.6) is 0 Å². The summed E-state index contributed by atoms with van der Waals surface area (Å²) >= 11 is 0. The number of aromatic nitrogens is 2. The third-order valence-corrected chi connectivity index (χ3v) is 5.27. The second kappa shape index (κ2) is 9.60. The number of nitrogens with one attached hydrogen (secondary N) is 1. The van der Waals surface area contributed by atoms with Crippen LogP contribution in [0.15, 0.2) is 70.4 Å². The number of hydrogen-bond donors (Lipinski definition) is 1. The number of amides is 1. The Morgan fingerprint density at radius 3 is 2.06 bits per heavy atom. The van der Waals surface area contributed by atoms with Crippen molar-refractivity contribution in [3.8, 4) is 0 Å². The molecule has 1 aromatic heterocycles. The highest BCUT2D eigenvalue weighted by molar-refractivity contribution is 5.92. The number of carbonyl (C=O) groups excluding carboxylic acids is 1. The van der Waals surface area contributed by atoms with E-state index in [9.17, 15) is 14.4 Å². The van der Waals surface area contributed by atoms with Crippen molar-refractivity contribution in [1.82, 2.24) is 9.13 Å². The number of anilines is 1. The predicted octanol–water partition coefficient (Wildman–Crippen LogP) is 3.94. The molecule has 1 amide bonds. The van der Waals surface area contributed by atoms with Crippen LogP contribution >= 0.6 is 0 Å². The van der Waals surface area contributed by atoms with Crippen LogP contribution in [-0.4, -0.2) is 15.0 Å². The van der Waals surface area contributed by atoms with Gasteiger partial charge in [-0.15, -0.1) is 0 Å². The Bertz CT molecular complexity index is 1150. The summed E-state index contributed by atoms with van der Waals surface area (Å²) in [5.41, 5.74) is 2.76. The molecule has 6 heteroatoms.